The van der Waals surface area contributed by atoms with Crippen molar-refractivity contribution in [1.82, 2.24) is 0 Å². The number of anilines is 1. The topological polar surface area (TPSA) is 43.7 Å². The Bertz CT molecular complexity index is 728. The number of para-hydroxylation sites is 1. The largest absolute Gasteiger partial charge is 0.394 e. The van der Waals surface area contributed by atoms with Gasteiger partial charge in [-0.1, -0.05) is 32.0 Å². The standard InChI is InChI=1S/C19H21F2NO2/c1-19(2)11-22(16-6-4-3-5-15(16)19)18(17(24)10-23)12-7-13(20)9-14(21)8-12/h3-9,17-18,23-24H,10-11H2,1-2H3/t17-,18+/m1/s1. The number of halogens is 2. The maximum Gasteiger partial charge on any atom is 0.126 e. The molecule has 0 radical (unpaired) electrons. The molecule has 1 aliphatic heterocycles. The van der Waals surface area contributed by atoms with Crippen LogP contribution >= 0.6 is 0 Å². The molecule has 0 saturated carbocycles. The Morgan fingerprint density at radius 3 is 2.38 bits per heavy atom. The lowest BCUT2D eigenvalue weighted by molar-refractivity contribution is 0.0708. The quantitative estimate of drug-likeness (QED) is 0.903. The molecule has 1 aliphatic rings. The summed E-state index contributed by atoms with van der Waals surface area (Å²) in [5.74, 6) is -1.40. The van der Waals surface area contributed by atoms with Crippen LogP contribution in [0.5, 0.6) is 0 Å². The molecule has 0 spiro atoms. The molecule has 1 heterocycles. The van der Waals surface area contributed by atoms with Crippen LogP contribution in [0.4, 0.5) is 14.5 Å². The number of benzene rings is 2. The molecule has 0 bridgehead atoms. The van der Waals surface area contributed by atoms with Crippen LogP contribution in [0, 0.1) is 11.6 Å². The number of fused-ring (bicyclic) bond motifs is 1. The number of hydrogen-bond donors (Lipinski definition) is 2. The first-order chi connectivity index (χ1) is 11.3. The average Bonchev–Trinajstić information content (AvgIpc) is 2.78. The fraction of sp³-hybridized carbons (Fsp3) is 0.368. The summed E-state index contributed by atoms with van der Waals surface area (Å²) in [6.45, 7) is 4.24. The molecule has 0 fully saturated rings. The van der Waals surface area contributed by atoms with Crippen molar-refractivity contribution in [2.45, 2.75) is 31.4 Å². The van der Waals surface area contributed by atoms with Crippen molar-refractivity contribution in [3.05, 3.63) is 65.2 Å². The van der Waals surface area contributed by atoms with Gasteiger partial charge in [-0.3, -0.25) is 0 Å². The Morgan fingerprint density at radius 2 is 1.75 bits per heavy atom. The summed E-state index contributed by atoms with van der Waals surface area (Å²) in [5, 5.41) is 19.9. The first kappa shape index (κ1) is 16.9. The molecule has 3 nitrogen and oxygen atoms in total. The zero-order valence-corrected chi connectivity index (χ0v) is 13.7. The van der Waals surface area contributed by atoms with Crippen molar-refractivity contribution in [3.8, 4) is 0 Å². The molecule has 0 saturated heterocycles. The fourth-order valence-electron chi connectivity index (χ4n) is 3.60. The Labute approximate surface area is 140 Å². The molecule has 2 atom stereocenters. The Balaban J connectivity index is 2.11. The summed E-state index contributed by atoms with van der Waals surface area (Å²) in [6, 6.07) is 10.3. The van der Waals surface area contributed by atoms with Gasteiger partial charge >= 0.3 is 0 Å². The van der Waals surface area contributed by atoms with E-state index >= 15 is 0 Å². The highest BCUT2D eigenvalue weighted by Gasteiger charge is 2.40. The average molecular weight is 333 g/mol. The fourth-order valence-corrected chi connectivity index (χ4v) is 3.60. The normalized spacial score (nSPS) is 18.3. The lowest BCUT2D eigenvalue weighted by Crippen LogP contribution is -2.40. The molecule has 2 aromatic rings. The van der Waals surface area contributed by atoms with Crippen molar-refractivity contribution in [2.75, 3.05) is 18.1 Å². The monoisotopic (exact) mass is 333 g/mol. The minimum Gasteiger partial charge on any atom is -0.394 e. The van der Waals surface area contributed by atoms with E-state index in [1.807, 2.05) is 29.2 Å². The van der Waals surface area contributed by atoms with E-state index in [1.165, 1.54) is 12.1 Å². The van der Waals surface area contributed by atoms with E-state index in [4.69, 9.17) is 0 Å². The second-order valence-electron chi connectivity index (χ2n) is 6.93. The molecule has 0 unspecified atom stereocenters. The van der Waals surface area contributed by atoms with Crippen LogP contribution in [0.2, 0.25) is 0 Å². The van der Waals surface area contributed by atoms with E-state index in [2.05, 4.69) is 13.8 Å². The summed E-state index contributed by atoms with van der Waals surface area (Å²) in [4.78, 5) is 1.92. The van der Waals surface area contributed by atoms with Gasteiger partial charge in [-0.15, -0.1) is 0 Å². The number of aliphatic hydroxyl groups is 2. The Hall–Kier alpha value is -1.98. The molecule has 128 valence electrons. The number of rotatable bonds is 4. The highest BCUT2D eigenvalue weighted by molar-refractivity contribution is 5.63. The van der Waals surface area contributed by atoms with Crippen LogP contribution in [0.3, 0.4) is 0 Å². The van der Waals surface area contributed by atoms with Gasteiger partial charge in [0.25, 0.3) is 0 Å². The zero-order chi connectivity index (χ0) is 17.5. The Morgan fingerprint density at radius 1 is 1.12 bits per heavy atom. The van der Waals surface area contributed by atoms with Gasteiger partial charge in [-0.05, 0) is 29.3 Å². The molecule has 5 heteroatoms. The second kappa shape index (κ2) is 6.15. The molecule has 0 amide bonds. The van der Waals surface area contributed by atoms with E-state index in [0.717, 1.165) is 17.3 Å². The summed E-state index contributed by atoms with van der Waals surface area (Å²) < 4.78 is 27.4. The smallest absolute Gasteiger partial charge is 0.126 e. The van der Waals surface area contributed by atoms with Gasteiger partial charge in [0, 0.05) is 23.7 Å². The predicted molar refractivity (Wildman–Crippen MR) is 89.0 cm³/mol. The van der Waals surface area contributed by atoms with Crippen molar-refractivity contribution in [2.24, 2.45) is 0 Å². The van der Waals surface area contributed by atoms with Gasteiger partial charge in [0.05, 0.1) is 12.6 Å². The van der Waals surface area contributed by atoms with Gasteiger partial charge in [-0.2, -0.15) is 0 Å². The number of hydrogen-bond acceptors (Lipinski definition) is 3. The third-order valence-corrected chi connectivity index (χ3v) is 4.62. The number of nitrogens with zero attached hydrogens (tertiary/aromatic N) is 1. The molecular weight excluding hydrogens is 312 g/mol. The van der Waals surface area contributed by atoms with Crippen LogP contribution in [-0.4, -0.2) is 29.5 Å². The molecule has 0 aliphatic carbocycles. The van der Waals surface area contributed by atoms with Crippen molar-refractivity contribution in [3.63, 3.8) is 0 Å². The summed E-state index contributed by atoms with van der Waals surface area (Å²) in [6.07, 6.45) is -1.16. The molecule has 3 rings (SSSR count). The zero-order valence-electron chi connectivity index (χ0n) is 13.7. The number of aliphatic hydroxyl groups excluding tert-OH is 2. The van der Waals surface area contributed by atoms with E-state index < -0.39 is 30.4 Å². The van der Waals surface area contributed by atoms with Crippen LogP contribution < -0.4 is 4.90 Å². The third kappa shape index (κ3) is 2.89. The third-order valence-electron chi connectivity index (χ3n) is 4.62. The summed E-state index contributed by atoms with van der Waals surface area (Å²) >= 11 is 0. The van der Waals surface area contributed by atoms with Crippen molar-refractivity contribution in [1.29, 1.82) is 0 Å². The van der Waals surface area contributed by atoms with Gasteiger partial charge < -0.3 is 15.1 Å². The highest BCUT2D eigenvalue weighted by atomic mass is 19.1. The summed E-state index contributed by atoms with van der Waals surface area (Å²) in [5.41, 5.74) is 2.15. The first-order valence-corrected chi connectivity index (χ1v) is 7.94. The summed E-state index contributed by atoms with van der Waals surface area (Å²) in [7, 11) is 0. The van der Waals surface area contributed by atoms with Crippen LogP contribution in [0.25, 0.3) is 0 Å². The van der Waals surface area contributed by atoms with Gasteiger partial charge in [-0.25, -0.2) is 8.78 Å². The molecular formula is C19H21F2NO2. The van der Waals surface area contributed by atoms with E-state index in [9.17, 15) is 19.0 Å². The molecule has 24 heavy (non-hydrogen) atoms. The van der Waals surface area contributed by atoms with E-state index in [-0.39, 0.29) is 5.41 Å². The van der Waals surface area contributed by atoms with Gasteiger partial charge in [0.15, 0.2) is 0 Å². The SMILES string of the molecule is CC1(C)CN([C@@H](c2cc(F)cc(F)c2)[C@H](O)CO)c2ccccc21. The maximum absolute atomic E-state index is 13.7. The van der Waals surface area contributed by atoms with Crippen molar-refractivity contribution < 1.29 is 19.0 Å². The second-order valence-corrected chi connectivity index (χ2v) is 6.93. The lowest BCUT2D eigenvalue weighted by atomic mass is 9.87. The lowest BCUT2D eigenvalue weighted by Gasteiger charge is -2.34. The minimum atomic E-state index is -1.16. The minimum absolute atomic E-state index is 0.171. The molecule has 2 aromatic carbocycles. The molecule has 0 aromatic heterocycles. The Kier molecular flexibility index (Phi) is 4.32. The van der Waals surface area contributed by atoms with Gasteiger partial charge in [0.1, 0.15) is 17.7 Å². The highest BCUT2D eigenvalue weighted by Crippen LogP contribution is 2.45. The van der Waals surface area contributed by atoms with E-state index in [0.29, 0.717) is 12.1 Å². The van der Waals surface area contributed by atoms with Gasteiger partial charge in [0.2, 0.25) is 0 Å². The maximum atomic E-state index is 13.7. The van der Waals surface area contributed by atoms with Crippen LogP contribution in [0.15, 0.2) is 42.5 Å². The van der Waals surface area contributed by atoms with Crippen LogP contribution in [-0.2, 0) is 5.41 Å². The predicted octanol–water partition coefficient (Wildman–Crippen LogP) is 3.16. The molecule has 2 N–H and O–H groups in total. The van der Waals surface area contributed by atoms with E-state index in [1.54, 1.807) is 0 Å². The van der Waals surface area contributed by atoms with Crippen LogP contribution in [0.1, 0.15) is 31.0 Å². The van der Waals surface area contributed by atoms with Crippen molar-refractivity contribution >= 4 is 5.69 Å². The first-order valence-electron chi connectivity index (χ1n) is 7.94.